The van der Waals surface area contributed by atoms with E-state index >= 15 is 0 Å². The van der Waals surface area contributed by atoms with Crippen LogP contribution in [0.3, 0.4) is 0 Å². The second-order valence-corrected chi connectivity index (χ2v) is 6.76. The minimum atomic E-state index is -2.29. The number of rotatable bonds is 9. The lowest BCUT2D eigenvalue weighted by atomic mass is 9.95. The number of carbonyl (C=O) groups excluding carboxylic acids is 1. The van der Waals surface area contributed by atoms with Gasteiger partial charge in [0.2, 0.25) is 11.7 Å². The lowest BCUT2D eigenvalue weighted by molar-refractivity contribution is -0.318. The van der Waals surface area contributed by atoms with Gasteiger partial charge in [0.05, 0.1) is 25.6 Å². The monoisotopic (exact) mass is 394 g/mol. The summed E-state index contributed by atoms with van der Waals surface area (Å²) in [6.45, 7) is 2.26. The van der Waals surface area contributed by atoms with Crippen LogP contribution in [0.4, 0.5) is 0 Å². The number of amides is 1. The molecule has 8 N–H and O–H groups in total. The van der Waals surface area contributed by atoms with Crippen LogP contribution in [0.25, 0.3) is 0 Å². The minimum absolute atomic E-state index is 0.413. The van der Waals surface area contributed by atoms with Gasteiger partial charge >= 0.3 is 11.9 Å². The summed E-state index contributed by atoms with van der Waals surface area (Å²) in [6.07, 6.45) is -5.73. The highest BCUT2D eigenvalue weighted by molar-refractivity contribution is 5.89. The van der Waals surface area contributed by atoms with Gasteiger partial charge in [-0.25, -0.2) is 4.79 Å². The normalized spacial score (nSPS) is 30.6. The maximum absolute atomic E-state index is 12.4. The molecule has 1 aliphatic heterocycles. The van der Waals surface area contributed by atoms with Crippen molar-refractivity contribution in [2.45, 2.75) is 56.5 Å². The van der Waals surface area contributed by atoms with Crippen molar-refractivity contribution in [2.24, 2.45) is 5.92 Å². The molecular weight excluding hydrogens is 368 g/mol. The van der Waals surface area contributed by atoms with Crippen LogP contribution in [-0.4, -0.2) is 97.8 Å². The van der Waals surface area contributed by atoms with Gasteiger partial charge in [-0.1, -0.05) is 13.8 Å². The Balaban J connectivity index is 2.79. The Morgan fingerprint density at radius 1 is 1.19 bits per heavy atom. The highest BCUT2D eigenvalue weighted by Gasteiger charge is 2.48. The van der Waals surface area contributed by atoms with Crippen molar-refractivity contribution in [2.75, 3.05) is 13.2 Å². The van der Waals surface area contributed by atoms with Gasteiger partial charge in [0.15, 0.2) is 0 Å². The fourth-order valence-corrected chi connectivity index (χ4v) is 2.57. The fraction of sp³-hybridized carbons (Fsp3) is 0.800. The molecule has 0 spiro atoms. The van der Waals surface area contributed by atoms with Crippen molar-refractivity contribution < 1.29 is 49.8 Å². The number of carbonyl (C=O) groups is 3. The Morgan fingerprint density at radius 3 is 2.26 bits per heavy atom. The third kappa shape index (κ3) is 6.09. The van der Waals surface area contributed by atoms with Gasteiger partial charge in [0.25, 0.3) is 0 Å². The van der Waals surface area contributed by atoms with E-state index in [9.17, 15) is 34.8 Å². The summed E-state index contributed by atoms with van der Waals surface area (Å²) in [7, 11) is 0. The molecule has 1 heterocycles. The molecule has 0 radical (unpaired) electrons. The Bertz CT molecular complexity index is 557. The molecule has 1 rings (SSSR count). The first-order valence-electron chi connectivity index (χ1n) is 8.28. The van der Waals surface area contributed by atoms with E-state index < -0.39 is 79.5 Å². The summed E-state index contributed by atoms with van der Waals surface area (Å²) in [4.78, 5) is 34.2. The molecule has 1 fully saturated rings. The molecule has 6 atom stereocenters. The van der Waals surface area contributed by atoms with Gasteiger partial charge in [-0.05, 0) is 5.92 Å². The van der Waals surface area contributed by atoms with Gasteiger partial charge in [-0.2, -0.15) is 0 Å². The number of carboxylic acid groups (broad SMARTS) is 2. The topological polar surface area (TPSA) is 206 Å². The second-order valence-electron chi connectivity index (χ2n) is 6.76. The summed E-state index contributed by atoms with van der Waals surface area (Å²) < 4.78 is 4.97. The zero-order valence-electron chi connectivity index (χ0n) is 14.9. The molecular formula is C15H26N2O10. The lowest BCUT2D eigenvalue weighted by Gasteiger charge is -2.42. The van der Waals surface area contributed by atoms with E-state index in [-0.39, 0.29) is 0 Å². The molecule has 1 amide bonds. The highest BCUT2D eigenvalue weighted by Crippen LogP contribution is 2.23. The molecule has 1 aliphatic rings. The number of carboxylic acids is 2. The first-order valence-corrected chi connectivity index (χ1v) is 8.28. The van der Waals surface area contributed by atoms with E-state index in [0.29, 0.717) is 0 Å². The van der Waals surface area contributed by atoms with Gasteiger partial charge in [-0.3, -0.25) is 9.59 Å². The first kappa shape index (κ1) is 23.2. The Labute approximate surface area is 154 Å². The maximum Gasteiger partial charge on any atom is 0.326 e. The predicted molar refractivity (Wildman–Crippen MR) is 87.4 cm³/mol. The van der Waals surface area contributed by atoms with Crippen LogP contribution in [-0.2, 0) is 19.1 Å². The van der Waals surface area contributed by atoms with E-state index in [1.165, 1.54) is 0 Å². The third-order valence-electron chi connectivity index (χ3n) is 4.20. The summed E-state index contributed by atoms with van der Waals surface area (Å²) in [5.41, 5.74) is 0. The standard InChI is InChI=1S/C15H26N2O10/c1-6(2)10(13(23)17-7(14(24)25)3-9(19)20)16-5-15(26)12(22)11(21)8(18)4-27-15/h6-8,10-12,16,18,21-22,26H,3-5H2,1-2H3,(H,17,23)(H,19,20)(H,24,25)/t7-,8+,10-,11+,12-,15+/m0/s1. The quantitative estimate of drug-likeness (QED) is 0.192. The molecule has 0 aromatic heterocycles. The van der Waals surface area contributed by atoms with Crippen molar-refractivity contribution in [3.05, 3.63) is 0 Å². The molecule has 12 heteroatoms. The number of aliphatic hydroxyl groups excluding tert-OH is 3. The maximum atomic E-state index is 12.4. The molecule has 12 nitrogen and oxygen atoms in total. The van der Waals surface area contributed by atoms with E-state index in [1.807, 2.05) is 0 Å². The average Bonchev–Trinajstić information content (AvgIpc) is 2.55. The van der Waals surface area contributed by atoms with E-state index in [4.69, 9.17) is 14.9 Å². The molecule has 0 bridgehead atoms. The van der Waals surface area contributed by atoms with Crippen molar-refractivity contribution in [1.29, 1.82) is 0 Å². The Hall–Kier alpha value is -1.83. The number of aliphatic hydroxyl groups is 4. The number of hydrogen-bond acceptors (Lipinski definition) is 9. The number of nitrogens with one attached hydrogen (secondary N) is 2. The molecule has 156 valence electrons. The van der Waals surface area contributed by atoms with Crippen LogP contribution >= 0.6 is 0 Å². The SMILES string of the molecule is CC(C)[C@H](NC[C@@]1(O)OC[C@@H](O)[C@@H](O)[C@@H]1O)C(=O)N[C@@H](CC(=O)O)C(=O)O. The largest absolute Gasteiger partial charge is 0.481 e. The van der Waals surface area contributed by atoms with Crippen molar-refractivity contribution in [3.8, 4) is 0 Å². The molecule has 0 aromatic rings. The predicted octanol–water partition coefficient (Wildman–Crippen LogP) is -3.55. The van der Waals surface area contributed by atoms with E-state index in [0.717, 1.165) is 0 Å². The van der Waals surface area contributed by atoms with Gasteiger partial charge in [0, 0.05) is 0 Å². The molecule has 0 saturated carbocycles. The summed E-state index contributed by atoms with van der Waals surface area (Å²) in [6, 6.07) is -2.71. The lowest BCUT2D eigenvalue weighted by Crippen LogP contribution is -2.66. The number of hydrogen-bond donors (Lipinski definition) is 8. The van der Waals surface area contributed by atoms with Crippen molar-refractivity contribution in [3.63, 3.8) is 0 Å². The second kappa shape index (κ2) is 9.39. The number of ether oxygens (including phenoxy) is 1. The van der Waals surface area contributed by atoms with Crippen molar-refractivity contribution >= 4 is 17.8 Å². The van der Waals surface area contributed by atoms with Crippen LogP contribution in [0, 0.1) is 5.92 Å². The zero-order chi connectivity index (χ0) is 20.9. The van der Waals surface area contributed by atoms with Gasteiger partial charge in [0.1, 0.15) is 24.4 Å². The molecule has 1 saturated heterocycles. The van der Waals surface area contributed by atoms with E-state index in [2.05, 4.69) is 10.6 Å². The first-order chi connectivity index (χ1) is 12.4. The smallest absolute Gasteiger partial charge is 0.326 e. The number of aliphatic carboxylic acids is 2. The van der Waals surface area contributed by atoms with Crippen LogP contribution in [0.1, 0.15) is 20.3 Å². The minimum Gasteiger partial charge on any atom is -0.481 e. The summed E-state index contributed by atoms with van der Waals surface area (Å²) in [5.74, 6) is -6.45. The Kier molecular flexibility index (Phi) is 8.07. The van der Waals surface area contributed by atoms with Crippen LogP contribution in [0.5, 0.6) is 0 Å². The summed E-state index contributed by atoms with van der Waals surface area (Å²) >= 11 is 0. The van der Waals surface area contributed by atoms with Gasteiger partial charge in [-0.15, -0.1) is 0 Å². The Morgan fingerprint density at radius 2 is 1.78 bits per heavy atom. The van der Waals surface area contributed by atoms with Crippen molar-refractivity contribution in [1.82, 2.24) is 10.6 Å². The van der Waals surface area contributed by atoms with Gasteiger partial charge < -0.3 is 46.0 Å². The molecule has 0 aliphatic carbocycles. The average molecular weight is 394 g/mol. The van der Waals surface area contributed by atoms with Crippen LogP contribution in [0.2, 0.25) is 0 Å². The fourth-order valence-electron chi connectivity index (χ4n) is 2.57. The molecule has 0 unspecified atom stereocenters. The van der Waals surface area contributed by atoms with E-state index in [1.54, 1.807) is 13.8 Å². The highest BCUT2D eigenvalue weighted by atomic mass is 16.6. The zero-order valence-corrected chi connectivity index (χ0v) is 14.9. The molecule has 27 heavy (non-hydrogen) atoms. The van der Waals surface area contributed by atoms with Crippen LogP contribution in [0.15, 0.2) is 0 Å². The third-order valence-corrected chi connectivity index (χ3v) is 4.20. The summed E-state index contributed by atoms with van der Waals surface area (Å²) in [5, 5.41) is 61.8. The molecule has 0 aromatic carbocycles. The van der Waals surface area contributed by atoms with Crippen LogP contribution < -0.4 is 10.6 Å².